The molecule has 0 aliphatic carbocycles. The summed E-state index contributed by atoms with van der Waals surface area (Å²) in [6.07, 6.45) is 3.68. The van der Waals surface area contributed by atoms with Crippen molar-refractivity contribution in [1.82, 2.24) is 4.31 Å². The van der Waals surface area contributed by atoms with Gasteiger partial charge in [-0.2, -0.15) is 4.31 Å². The second-order valence-corrected chi connectivity index (χ2v) is 8.78. The van der Waals surface area contributed by atoms with Gasteiger partial charge >= 0.3 is 0 Å². The molecule has 1 N–H and O–H groups in total. The first kappa shape index (κ1) is 21.3. The Labute approximate surface area is 170 Å². The van der Waals surface area contributed by atoms with Gasteiger partial charge in [0.05, 0.1) is 22.8 Å². The van der Waals surface area contributed by atoms with Crippen LogP contribution in [0.5, 0.6) is 5.75 Å². The molecular formula is C21H25FN2O4S. The van der Waals surface area contributed by atoms with E-state index >= 15 is 0 Å². The second-order valence-electron chi connectivity index (χ2n) is 6.84. The lowest BCUT2D eigenvalue weighted by Crippen LogP contribution is -2.32. The molecule has 2 aromatic rings. The molecule has 2 aromatic carbocycles. The van der Waals surface area contributed by atoms with Crippen molar-refractivity contribution in [2.75, 3.05) is 25.0 Å². The van der Waals surface area contributed by atoms with Crippen LogP contribution < -0.4 is 10.1 Å². The number of carbonyl (C=O) groups excluding carboxylic acids is 1. The average Bonchev–Trinajstić information content (AvgIpc) is 3.00. The van der Waals surface area contributed by atoms with Crippen molar-refractivity contribution in [1.29, 1.82) is 0 Å². The summed E-state index contributed by atoms with van der Waals surface area (Å²) < 4.78 is 47.1. The maximum absolute atomic E-state index is 13.9. The Kier molecular flexibility index (Phi) is 6.87. The largest absolute Gasteiger partial charge is 0.492 e. The summed E-state index contributed by atoms with van der Waals surface area (Å²) in [7, 11) is -3.70. The predicted molar refractivity (Wildman–Crippen MR) is 109 cm³/mol. The van der Waals surface area contributed by atoms with Crippen LogP contribution in [0.1, 0.15) is 43.0 Å². The zero-order valence-electron chi connectivity index (χ0n) is 16.4. The Hall–Kier alpha value is -2.45. The van der Waals surface area contributed by atoms with Gasteiger partial charge in [0, 0.05) is 13.1 Å². The van der Waals surface area contributed by atoms with Crippen LogP contribution in [0.3, 0.4) is 0 Å². The SMILES string of the molecule is CCOc1ccc(S(=O)(=O)N2CCCCCC2)cc1NC(=O)c1ccccc1F. The minimum absolute atomic E-state index is 0.0756. The fourth-order valence-corrected chi connectivity index (χ4v) is 4.86. The Bertz CT molecular complexity index is 970. The van der Waals surface area contributed by atoms with E-state index in [1.54, 1.807) is 13.0 Å². The van der Waals surface area contributed by atoms with Crippen LogP contribution in [-0.2, 0) is 10.0 Å². The van der Waals surface area contributed by atoms with Crippen LogP contribution in [0.4, 0.5) is 10.1 Å². The van der Waals surface area contributed by atoms with Crippen LogP contribution in [0.2, 0.25) is 0 Å². The molecule has 0 bridgehead atoms. The molecule has 0 unspecified atom stereocenters. The molecule has 1 amide bonds. The summed E-state index contributed by atoms with van der Waals surface area (Å²) in [6.45, 7) is 3.07. The lowest BCUT2D eigenvalue weighted by molar-refractivity contribution is 0.102. The third-order valence-corrected chi connectivity index (χ3v) is 6.71. The molecule has 8 heteroatoms. The van der Waals surface area contributed by atoms with Crippen LogP contribution in [0.25, 0.3) is 0 Å². The number of anilines is 1. The van der Waals surface area contributed by atoms with Gasteiger partial charge < -0.3 is 10.1 Å². The number of rotatable bonds is 6. The van der Waals surface area contributed by atoms with Crippen molar-refractivity contribution in [3.8, 4) is 5.75 Å². The molecule has 1 fully saturated rings. The highest BCUT2D eigenvalue weighted by molar-refractivity contribution is 7.89. The number of sulfonamides is 1. The third kappa shape index (κ3) is 4.94. The Morgan fingerprint density at radius 3 is 2.45 bits per heavy atom. The average molecular weight is 421 g/mol. The number of halogens is 1. The van der Waals surface area contributed by atoms with E-state index in [1.165, 1.54) is 40.7 Å². The summed E-state index contributed by atoms with van der Waals surface area (Å²) in [6, 6.07) is 9.98. The van der Waals surface area contributed by atoms with Gasteiger partial charge in [-0.05, 0) is 50.1 Å². The summed E-state index contributed by atoms with van der Waals surface area (Å²) in [4.78, 5) is 12.6. The smallest absolute Gasteiger partial charge is 0.258 e. The Morgan fingerprint density at radius 2 is 1.79 bits per heavy atom. The molecule has 0 aromatic heterocycles. The van der Waals surface area contributed by atoms with Crippen molar-refractivity contribution < 1.29 is 22.3 Å². The number of carbonyl (C=O) groups is 1. The fraction of sp³-hybridized carbons (Fsp3) is 0.381. The lowest BCUT2D eigenvalue weighted by Gasteiger charge is -2.21. The fourth-order valence-electron chi connectivity index (χ4n) is 3.31. The molecule has 29 heavy (non-hydrogen) atoms. The molecule has 6 nitrogen and oxygen atoms in total. The van der Waals surface area contributed by atoms with Gasteiger partial charge in [-0.3, -0.25) is 4.79 Å². The van der Waals surface area contributed by atoms with E-state index in [0.717, 1.165) is 25.7 Å². The molecule has 0 spiro atoms. The molecule has 0 atom stereocenters. The molecule has 0 radical (unpaired) electrons. The minimum Gasteiger partial charge on any atom is -0.492 e. The Balaban J connectivity index is 1.93. The zero-order chi connectivity index (χ0) is 20.9. The number of nitrogens with one attached hydrogen (secondary N) is 1. The number of ether oxygens (including phenoxy) is 1. The van der Waals surface area contributed by atoms with E-state index < -0.39 is 21.7 Å². The van der Waals surface area contributed by atoms with Crippen LogP contribution in [-0.4, -0.2) is 38.3 Å². The number of benzene rings is 2. The third-order valence-electron chi connectivity index (χ3n) is 4.82. The number of amides is 1. The number of nitrogens with zero attached hydrogens (tertiary/aromatic N) is 1. The molecule has 1 saturated heterocycles. The van der Waals surface area contributed by atoms with E-state index in [2.05, 4.69) is 5.32 Å². The Morgan fingerprint density at radius 1 is 1.10 bits per heavy atom. The van der Waals surface area contributed by atoms with E-state index in [-0.39, 0.29) is 16.1 Å². The molecule has 1 aliphatic rings. The van der Waals surface area contributed by atoms with Gasteiger partial charge in [-0.25, -0.2) is 12.8 Å². The van der Waals surface area contributed by atoms with Gasteiger partial charge in [-0.15, -0.1) is 0 Å². The molecule has 1 heterocycles. The highest BCUT2D eigenvalue weighted by atomic mass is 32.2. The lowest BCUT2D eigenvalue weighted by atomic mass is 10.2. The van der Waals surface area contributed by atoms with E-state index in [0.29, 0.717) is 25.4 Å². The summed E-state index contributed by atoms with van der Waals surface area (Å²) in [5.74, 6) is -1.00. The molecule has 0 saturated carbocycles. The van der Waals surface area contributed by atoms with Crippen LogP contribution in [0, 0.1) is 5.82 Å². The first-order valence-electron chi connectivity index (χ1n) is 9.76. The van der Waals surface area contributed by atoms with Crippen molar-refractivity contribution >= 4 is 21.6 Å². The van der Waals surface area contributed by atoms with Crippen molar-refractivity contribution in [2.24, 2.45) is 0 Å². The highest BCUT2D eigenvalue weighted by Gasteiger charge is 2.26. The first-order valence-corrected chi connectivity index (χ1v) is 11.2. The van der Waals surface area contributed by atoms with Crippen molar-refractivity contribution in [3.63, 3.8) is 0 Å². The summed E-state index contributed by atoms with van der Waals surface area (Å²) >= 11 is 0. The summed E-state index contributed by atoms with van der Waals surface area (Å²) in [5, 5.41) is 2.59. The van der Waals surface area contributed by atoms with E-state index in [9.17, 15) is 17.6 Å². The standard InChI is InChI=1S/C21H25FN2O4S/c1-2-28-20-12-11-16(29(26,27)24-13-7-3-4-8-14-24)15-19(20)23-21(25)17-9-5-6-10-18(17)22/h5-6,9-12,15H,2-4,7-8,13-14H2,1H3,(H,23,25). The number of hydrogen-bond donors (Lipinski definition) is 1. The van der Waals surface area contributed by atoms with Gasteiger partial charge in [0.1, 0.15) is 11.6 Å². The van der Waals surface area contributed by atoms with E-state index in [4.69, 9.17) is 4.74 Å². The van der Waals surface area contributed by atoms with Gasteiger partial charge in [-0.1, -0.05) is 25.0 Å². The van der Waals surface area contributed by atoms with Crippen molar-refractivity contribution in [3.05, 3.63) is 53.8 Å². The highest BCUT2D eigenvalue weighted by Crippen LogP contribution is 2.30. The van der Waals surface area contributed by atoms with Crippen LogP contribution in [0.15, 0.2) is 47.4 Å². The topological polar surface area (TPSA) is 75.7 Å². The molecular weight excluding hydrogens is 395 g/mol. The van der Waals surface area contributed by atoms with Gasteiger partial charge in [0.2, 0.25) is 10.0 Å². The zero-order valence-corrected chi connectivity index (χ0v) is 17.2. The van der Waals surface area contributed by atoms with Gasteiger partial charge in [0.25, 0.3) is 5.91 Å². The minimum atomic E-state index is -3.70. The molecule has 156 valence electrons. The van der Waals surface area contributed by atoms with Crippen LogP contribution >= 0.6 is 0 Å². The van der Waals surface area contributed by atoms with E-state index in [1.807, 2.05) is 0 Å². The maximum atomic E-state index is 13.9. The predicted octanol–water partition coefficient (Wildman–Crippen LogP) is 4.04. The van der Waals surface area contributed by atoms with Gasteiger partial charge in [0.15, 0.2) is 0 Å². The molecule has 3 rings (SSSR count). The number of hydrogen-bond acceptors (Lipinski definition) is 4. The monoisotopic (exact) mass is 420 g/mol. The quantitative estimate of drug-likeness (QED) is 0.765. The molecule has 1 aliphatic heterocycles. The second kappa shape index (κ2) is 9.37. The maximum Gasteiger partial charge on any atom is 0.258 e. The summed E-state index contributed by atoms with van der Waals surface area (Å²) in [5.41, 5.74) is 0.0618. The first-order chi connectivity index (χ1) is 13.9. The van der Waals surface area contributed by atoms with Crippen molar-refractivity contribution in [2.45, 2.75) is 37.5 Å². The normalized spacial score (nSPS) is 15.5.